The molecule has 18 heavy (non-hydrogen) atoms. The van der Waals surface area contributed by atoms with E-state index in [0.717, 1.165) is 10.0 Å². The molecular weight excluding hydrogens is 296 g/mol. The zero-order chi connectivity index (χ0) is 13.0. The minimum Gasteiger partial charge on any atom is -0.465 e. The predicted molar refractivity (Wildman–Crippen MR) is 72.6 cm³/mol. The first kappa shape index (κ1) is 12.6. The summed E-state index contributed by atoms with van der Waals surface area (Å²) in [6, 6.07) is 11.2. The molecule has 0 unspecified atom stereocenters. The van der Waals surface area contributed by atoms with Crippen molar-refractivity contribution in [3.05, 3.63) is 58.8 Å². The van der Waals surface area contributed by atoms with Crippen LogP contribution in [0, 0.1) is 0 Å². The average molecular weight is 307 g/mol. The third kappa shape index (κ3) is 3.07. The Morgan fingerprint density at radius 3 is 2.61 bits per heavy atom. The first-order valence-corrected chi connectivity index (χ1v) is 6.11. The van der Waals surface area contributed by atoms with E-state index < -0.39 is 6.09 Å². The summed E-state index contributed by atoms with van der Waals surface area (Å²) >= 11 is 3.28. The van der Waals surface area contributed by atoms with Crippen LogP contribution in [0.4, 0.5) is 10.5 Å². The predicted octanol–water partition coefficient (Wildman–Crippen LogP) is 3.53. The maximum atomic E-state index is 11.3. The summed E-state index contributed by atoms with van der Waals surface area (Å²) < 4.78 is 0.749. The molecule has 0 saturated carbocycles. The molecule has 5 heteroatoms. The van der Waals surface area contributed by atoms with Crippen LogP contribution in [0.3, 0.4) is 0 Å². The Balaban J connectivity index is 2.27. The van der Waals surface area contributed by atoms with Crippen molar-refractivity contribution in [2.75, 3.05) is 4.90 Å². The molecule has 0 aliphatic heterocycles. The van der Waals surface area contributed by atoms with Gasteiger partial charge in [0.15, 0.2) is 0 Å². The fourth-order valence-electron chi connectivity index (χ4n) is 1.58. The first-order chi connectivity index (χ1) is 8.66. The zero-order valence-electron chi connectivity index (χ0n) is 9.45. The van der Waals surface area contributed by atoms with Gasteiger partial charge in [-0.2, -0.15) is 0 Å². The SMILES string of the molecule is O=C(O)N(Cc1ccccc1)c1cncc(Br)c1. The second kappa shape index (κ2) is 5.64. The topological polar surface area (TPSA) is 53.4 Å². The van der Waals surface area contributed by atoms with Crippen molar-refractivity contribution >= 4 is 27.7 Å². The molecule has 4 nitrogen and oxygen atoms in total. The van der Waals surface area contributed by atoms with E-state index in [2.05, 4.69) is 20.9 Å². The van der Waals surface area contributed by atoms with Gasteiger partial charge in [-0.3, -0.25) is 9.88 Å². The number of carbonyl (C=O) groups is 1. The average Bonchev–Trinajstić information content (AvgIpc) is 2.37. The summed E-state index contributed by atoms with van der Waals surface area (Å²) in [5.74, 6) is 0. The summed E-state index contributed by atoms with van der Waals surface area (Å²) in [4.78, 5) is 16.5. The van der Waals surface area contributed by atoms with Crippen molar-refractivity contribution in [1.29, 1.82) is 0 Å². The van der Waals surface area contributed by atoms with Crippen LogP contribution in [0.1, 0.15) is 5.56 Å². The lowest BCUT2D eigenvalue weighted by Gasteiger charge is -2.19. The van der Waals surface area contributed by atoms with Crippen LogP contribution in [-0.4, -0.2) is 16.2 Å². The van der Waals surface area contributed by atoms with Crippen molar-refractivity contribution in [2.24, 2.45) is 0 Å². The number of pyridine rings is 1. The van der Waals surface area contributed by atoms with Gasteiger partial charge in [0.25, 0.3) is 0 Å². The van der Waals surface area contributed by atoms with E-state index in [1.54, 1.807) is 12.3 Å². The van der Waals surface area contributed by atoms with Crippen LogP contribution in [-0.2, 0) is 6.54 Å². The molecule has 0 aliphatic carbocycles. The second-order valence-electron chi connectivity index (χ2n) is 3.72. The summed E-state index contributed by atoms with van der Waals surface area (Å²) in [6.45, 7) is 0.300. The summed E-state index contributed by atoms with van der Waals surface area (Å²) in [5.41, 5.74) is 1.47. The second-order valence-corrected chi connectivity index (χ2v) is 4.63. The number of anilines is 1. The van der Waals surface area contributed by atoms with Gasteiger partial charge in [-0.15, -0.1) is 0 Å². The van der Waals surface area contributed by atoms with Gasteiger partial charge in [-0.25, -0.2) is 4.79 Å². The third-order valence-electron chi connectivity index (χ3n) is 2.42. The largest absolute Gasteiger partial charge is 0.465 e. The molecule has 0 spiro atoms. The summed E-state index contributed by atoms with van der Waals surface area (Å²) in [7, 11) is 0. The Bertz CT molecular complexity index is 546. The maximum Gasteiger partial charge on any atom is 0.412 e. The highest BCUT2D eigenvalue weighted by Gasteiger charge is 2.15. The van der Waals surface area contributed by atoms with Gasteiger partial charge in [0.05, 0.1) is 18.4 Å². The molecule has 1 N–H and O–H groups in total. The molecule has 2 rings (SSSR count). The molecule has 2 aromatic rings. The molecule has 1 amide bonds. The number of hydrogen-bond acceptors (Lipinski definition) is 2. The van der Waals surface area contributed by atoms with Gasteiger partial charge in [0.1, 0.15) is 0 Å². The van der Waals surface area contributed by atoms with E-state index in [1.165, 1.54) is 11.1 Å². The molecule has 1 heterocycles. The molecule has 92 valence electrons. The molecule has 1 aromatic carbocycles. The standard InChI is InChI=1S/C13H11BrN2O2/c14-11-6-12(8-15-7-11)16(13(17)18)9-10-4-2-1-3-5-10/h1-8H,9H2,(H,17,18). The highest BCUT2D eigenvalue weighted by atomic mass is 79.9. The molecule has 0 aliphatic rings. The number of aromatic nitrogens is 1. The lowest BCUT2D eigenvalue weighted by atomic mass is 10.2. The number of hydrogen-bond donors (Lipinski definition) is 1. The van der Waals surface area contributed by atoms with Crippen LogP contribution in [0.2, 0.25) is 0 Å². The number of amides is 1. The number of rotatable bonds is 3. The minimum absolute atomic E-state index is 0.300. The van der Waals surface area contributed by atoms with Crippen LogP contribution >= 0.6 is 15.9 Å². The van der Waals surface area contributed by atoms with Gasteiger partial charge in [0, 0.05) is 10.7 Å². The van der Waals surface area contributed by atoms with E-state index in [0.29, 0.717) is 12.2 Å². The third-order valence-corrected chi connectivity index (χ3v) is 2.85. The van der Waals surface area contributed by atoms with Crippen molar-refractivity contribution < 1.29 is 9.90 Å². The zero-order valence-corrected chi connectivity index (χ0v) is 11.0. The fraction of sp³-hybridized carbons (Fsp3) is 0.0769. The molecule has 0 saturated heterocycles. The van der Waals surface area contributed by atoms with Gasteiger partial charge in [-0.05, 0) is 27.6 Å². The van der Waals surface area contributed by atoms with E-state index in [9.17, 15) is 9.90 Å². The van der Waals surface area contributed by atoms with Crippen LogP contribution in [0.25, 0.3) is 0 Å². The van der Waals surface area contributed by atoms with Crippen LogP contribution < -0.4 is 4.90 Å². The Morgan fingerprint density at radius 1 is 1.28 bits per heavy atom. The number of benzene rings is 1. The highest BCUT2D eigenvalue weighted by molar-refractivity contribution is 9.10. The summed E-state index contributed by atoms with van der Waals surface area (Å²) in [6.07, 6.45) is 2.15. The van der Waals surface area contributed by atoms with Gasteiger partial charge in [0.2, 0.25) is 0 Å². The van der Waals surface area contributed by atoms with Gasteiger partial charge >= 0.3 is 6.09 Å². The highest BCUT2D eigenvalue weighted by Crippen LogP contribution is 2.20. The normalized spacial score (nSPS) is 10.1. The number of nitrogens with zero attached hydrogens (tertiary/aromatic N) is 2. The van der Waals surface area contributed by atoms with Crippen molar-refractivity contribution in [3.8, 4) is 0 Å². The van der Waals surface area contributed by atoms with Crippen molar-refractivity contribution in [3.63, 3.8) is 0 Å². The summed E-state index contributed by atoms with van der Waals surface area (Å²) in [5, 5.41) is 9.26. The molecule has 0 atom stereocenters. The van der Waals surface area contributed by atoms with E-state index >= 15 is 0 Å². The van der Waals surface area contributed by atoms with Gasteiger partial charge < -0.3 is 5.11 Å². The van der Waals surface area contributed by atoms with E-state index in [-0.39, 0.29) is 0 Å². The molecule has 0 fully saturated rings. The Morgan fingerprint density at radius 2 is 2.00 bits per heavy atom. The quantitative estimate of drug-likeness (QED) is 0.944. The number of halogens is 1. The lowest BCUT2D eigenvalue weighted by Crippen LogP contribution is -2.28. The van der Waals surface area contributed by atoms with E-state index in [1.807, 2.05) is 30.3 Å². The minimum atomic E-state index is -1.00. The Labute approximate surface area is 113 Å². The van der Waals surface area contributed by atoms with Gasteiger partial charge in [-0.1, -0.05) is 30.3 Å². The molecule has 0 bridgehead atoms. The fourth-order valence-corrected chi connectivity index (χ4v) is 1.94. The van der Waals surface area contributed by atoms with E-state index in [4.69, 9.17) is 0 Å². The lowest BCUT2D eigenvalue weighted by molar-refractivity contribution is 0.201. The smallest absolute Gasteiger partial charge is 0.412 e. The monoisotopic (exact) mass is 306 g/mol. The number of carboxylic acid groups (broad SMARTS) is 1. The molecule has 1 aromatic heterocycles. The van der Waals surface area contributed by atoms with Crippen LogP contribution in [0.15, 0.2) is 53.3 Å². The Hall–Kier alpha value is -1.88. The molecule has 0 radical (unpaired) electrons. The van der Waals surface area contributed by atoms with Crippen molar-refractivity contribution in [1.82, 2.24) is 4.98 Å². The Kier molecular flexibility index (Phi) is 3.94. The van der Waals surface area contributed by atoms with Crippen LogP contribution in [0.5, 0.6) is 0 Å². The van der Waals surface area contributed by atoms with Crippen molar-refractivity contribution in [2.45, 2.75) is 6.54 Å². The first-order valence-electron chi connectivity index (χ1n) is 5.32. The molecular formula is C13H11BrN2O2. The maximum absolute atomic E-state index is 11.3.